The molecule has 0 saturated carbocycles. The molecule has 0 spiro atoms. The summed E-state index contributed by atoms with van der Waals surface area (Å²) >= 11 is 0. The van der Waals surface area contributed by atoms with Gasteiger partial charge in [-0.25, -0.2) is 0 Å². The number of aromatic amines is 1. The zero-order valence-electron chi connectivity index (χ0n) is 18.9. The molecular formula is C26H34N3O2+. The fourth-order valence-corrected chi connectivity index (χ4v) is 4.82. The minimum absolute atomic E-state index is 0.0139. The molecule has 2 N–H and O–H groups in total. The maximum atomic E-state index is 13.4. The third-order valence-corrected chi connectivity index (χ3v) is 6.79. The van der Waals surface area contributed by atoms with Crippen molar-refractivity contribution >= 4 is 16.8 Å². The number of piperazine rings is 1. The second kappa shape index (κ2) is 9.56. The summed E-state index contributed by atoms with van der Waals surface area (Å²) in [5.74, 6) is 1.05. The Kier molecular flexibility index (Phi) is 6.62. The zero-order chi connectivity index (χ0) is 21.8. The van der Waals surface area contributed by atoms with E-state index < -0.39 is 0 Å². The van der Waals surface area contributed by atoms with Crippen LogP contribution in [-0.2, 0) is 11.2 Å². The van der Waals surface area contributed by atoms with Crippen LogP contribution in [-0.4, -0.2) is 55.6 Å². The van der Waals surface area contributed by atoms with Crippen LogP contribution >= 0.6 is 0 Å². The number of aromatic nitrogens is 1. The lowest BCUT2D eigenvalue weighted by molar-refractivity contribution is -0.902. The molecule has 2 aromatic carbocycles. The van der Waals surface area contributed by atoms with Gasteiger partial charge in [0.1, 0.15) is 5.75 Å². The molecule has 5 nitrogen and oxygen atoms in total. The van der Waals surface area contributed by atoms with Crippen molar-refractivity contribution in [3.05, 3.63) is 65.4 Å². The van der Waals surface area contributed by atoms with Gasteiger partial charge in [-0.15, -0.1) is 0 Å². The van der Waals surface area contributed by atoms with Gasteiger partial charge < -0.3 is 19.5 Å². The SMILES string of the molecule is CCc1cccc2c([C@H](CC(=O)N3CC[NH+](CC)CC3)c3cccc(OC)c3)c[nH]c12. The van der Waals surface area contributed by atoms with Crippen LogP contribution in [0.5, 0.6) is 5.75 Å². The first-order valence-corrected chi connectivity index (χ1v) is 11.5. The summed E-state index contributed by atoms with van der Waals surface area (Å²) in [5.41, 5.74) is 4.79. The van der Waals surface area contributed by atoms with E-state index in [2.05, 4.69) is 60.3 Å². The number of carbonyl (C=O) groups excluding carboxylic acids is 1. The molecule has 1 amide bonds. The fourth-order valence-electron chi connectivity index (χ4n) is 4.82. The number of benzene rings is 2. The second-order valence-corrected chi connectivity index (χ2v) is 8.45. The van der Waals surface area contributed by atoms with Crippen LogP contribution in [0.2, 0.25) is 0 Å². The summed E-state index contributed by atoms with van der Waals surface area (Å²) in [6.07, 6.45) is 3.54. The Morgan fingerprint density at radius 3 is 2.65 bits per heavy atom. The molecule has 1 aromatic heterocycles. The van der Waals surface area contributed by atoms with Crippen LogP contribution in [0, 0.1) is 0 Å². The topological polar surface area (TPSA) is 49.8 Å². The predicted molar refractivity (Wildman–Crippen MR) is 125 cm³/mol. The number of aryl methyl sites for hydroxylation is 1. The molecule has 3 aromatic rings. The molecule has 0 unspecified atom stereocenters. The summed E-state index contributed by atoms with van der Waals surface area (Å²) in [6, 6.07) is 14.6. The molecule has 0 radical (unpaired) electrons. The molecule has 1 atom stereocenters. The van der Waals surface area contributed by atoms with E-state index in [0.29, 0.717) is 6.42 Å². The molecule has 5 heteroatoms. The van der Waals surface area contributed by atoms with Crippen molar-refractivity contribution in [3.8, 4) is 5.75 Å². The van der Waals surface area contributed by atoms with E-state index >= 15 is 0 Å². The third kappa shape index (κ3) is 4.47. The van der Waals surface area contributed by atoms with Crippen LogP contribution in [0.25, 0.3) is 10.9 Å². The lowest BCUT2D eigenvalue weighted by Crippen LogP contribution is -3.14. The maximum Gasteiger partial charge on any atom is 0.223 e. The van der Waals surface area contributed by atoms with Crippen molar-refractivity contribution in [2.24, 2.45) is 0 Å². The lowest BCUT2D eigenvalue weighted by atomic mass is 9.87. The molecule has 4 rings (SSSR count). The number of amides is 1. The number of nitrogens with one attached hydrogen (secondary N) is 2. The molecule has 31 heavy (non-hydrogen) atoms. The second-order valence-electron chi connectivity index (χ2n) is 8.45. The van der Waals surface area contributed by atoms with Gasteiger partial charge in [-0.05, 0) is 42.2 Å². The highest BCUT2D eigenvalue weighted by Gasteiger charge is 2.28. The van der Waals surface area contributed by atoms with Crippen molar-refractivity contribution in [1.29, 1.82) is 0 Å². The van der Waals surface area contributed by atoms with Gasteiger partial charge in [-0.3, -0.25) is 4.79 Å². The van der Waals surface area contributed by atoms with Gasteiger partial charge in [0.05, 0.1) is 39.8 Å². The highest BCUT2D eigenvalue weighted by molar-refractivity contribution is 5.88. The van der Waals surface area contributed by atoms with Crippen LogP contribution in [0.1, 0.15) is 42.9 Å². The largest absolute Gasteiger partial charge is 0.497 e. The van der Waals surface area contributed by atoms with Crippen LogP contribution < -0.4 is 9.64 Å². The molecular weight excluding hydrogens is 386 g/mol. The van der Waals surface area contributed by atoms with E-state index in [0.717, 1.165) is 50.5 Å². The van der Waals surface area contributed by atoms with E-state index in [4.69, 9.17) is 4.74 Å². The standard InChI is InChI=1S/C26H33N3O2/c1-4-19-8-7-11-22-24(18-27-26(19)22)23(20-9-6-10-21(16-20)31-3)17-25(30)29-14-12-28(5-2)13-15-29/h6-11,16,18,23,27H,4-5,12-15,17H2,1-3H3/p+1/t23-/m1/s1. The molecule has 1 aliphatic rings. The van der Waals surface area contributed by atoms with Crippen molar-refractivity contribution in [3.63, 3.8) is 0 Å². The first-order valence-electron chi connectivity index (χ1n) is 11.5. The Balaban J connectivity index is 1.68. The fraction of sp³-hybridized carbons (Fsp3) is 0.423. The van der Waals surface area contributed by atoms with Crippen molar-refractivity contribution < 1.29 is 14.4 Å². The molecule has 1 fully saturated rings. The van der Waals surface area contributed by atoms with E-state index in [-0.39, 0.29) is 11.8 Å². The van der Waals surface area contributed by atoms with Gasteiger partial charge >= 0.3 is 0 Å². The smallest absolute Gasteiger partial charge is 0.223 e. The summed E-state index contributed by atoms with van der Waals surface area (Å²) in [6.45, 7) is 9.30. The minimum atomic E-state index is -0.0139. The van der Waals surface area contributed by atoms with Gasteiger partial charge in [0.15, 0.2) is 0 Å². The Labute approximate surface area is 185 Å². The van der Waals surface area contributed by atoms with Crippen molar-refractivity contribution in [2.45, 2.75) is 32.6 Å². The average Bonchev–Trinajstić information content (AvgIpc) is 3.26. The summed E-state index contributed by atoms with van der Waals surface area (Å²) in [7, 11) is 1.69. The number of methoxy groups -OCH3 is 1. The monoisotopic (exact) mass is 420 g/mol. The molecule has 164 valence electrons. The minimum Gasteiger partial charge on any atom is -0.497 e. The van der Waals surface area contributed by atoms with Crippen molar-refractivity contribution in [1.82, 2.24) is 9.88 Å². The molecule has 0 bridgehead atoms. The van der Waals surface area contributed by atoms with E-state index in [1.807, 2.05) is 12.1 Å². The normalized spacial score (nSPS) is 15.9. The number of likely N-dealkylation sites (N-methyl/N-ethyl adjacent to an activating group) is 1. The van der Waals surface area contributed by atoms with Gasteiger partial charge in [0.2, 0.25) is 5.91 Å². The van der Waals surface area contributed by atoms with Gasteiger partial charge in [0.25, 0.3) is 0 Å². The summed E-state index contributed by atoms with van der Waals surface area (Å²) in [5, 5.41) is 1.21. The Bertz CT molecular complexity index is 1030. The third-order valence-electron chi connectivity index (χ3n) is 6.79. The number of quaternary nitrogens is 1. The lowest BCUT2D eigenvalue weighted by Gasteiger charge is -2.32. The van der Waals surface area contributed by atoms with E-state index in [9.17, 15) is 4.79 Å². The highest BCUT2D eigenvalue weighted by Crippen LogP contribution is 2.36. The molecule has 1 aliphatic heterocycles. The molecule has 1 saturated heterocycles. The molecule has 0 aliphatic carbocycles. The first-order chi connectivity index (χ1) is 15.1. The van der Waals surface area contributed by atoms with Crippen LogP contribution in [0.15, 0.2) is 48.7 Å². The van der Waals surface area contributed by atoms with Crippen LogP contribution in [0.4, 0.5) is 0 Å². The number of nitrogens with zero attached hydrogens (tertiary/aromatic N) is 1. The number of hydrogen-bond donors (Lipinski definition) is 2. The first kappa shape index (κ1) is 21.4. The number of hydrogen-bond acceptors (Lipinski definition) is 2. The number of fused-ring (bicyclic) bond motifs is 1. The Hall–Kier alpha value is -2.79. The molecule has 2 heterocycles. The van der Waals surface area contributed by atoms with Gasteiger partial charge in [-0.2, -0.15) is 0 Å². The van der Waals surface area contributed by atoms with Gasteiger partial charge in [-0.1, -0.05) is 37.3 Å². The summed E-state index contributed by atoms with van der Waals surface area (Å²) in [4.78, 5) is 20.5. The average molecular weight is 421 g/mol. The number of ether oxygens (including phenoxy) is 1. The Morgan fingerprint density at radius 2 is 1.94 bits per heavy atom. The maximum absolute atomic E-state index is 13.4. The number of H-pyrrole nitrogens is 1. The highest BCUT2D eigenvalue weighted by atomic mass is 16.5. The quantitative estimate of drug-likeness (QED) is 0.617. The summed E-state index contributed by atoms with van der Waals surface area (Å²) < 4.78 is 5.49. The van der Waals surface area contributed by atoms with Gasteiger partial charge in [0, 0.05) is 29.4 Å². The Morgan fingerprint density at radius 1 is 1.16 bits per heavy atom. The van der Waals surface area contributed by atoms with Crippen LogP contribution in [0.3, 0.4) is 0 Å². The zero-order valence-corrected chi connectivity index (χ0v) is 18.9. The van der Waals surface area contributed by atoms with E-state index in [1.54, 1.807) is 12.0 Å². The van der Waals surface area contributed by atoms with Crippen molar-refractivity contribution in [2.75, 3.05) is 39.8 Å². The predicted octanol–water partition coefficient (Wildman–Crippen LogP) is 3.01. The number of para-hydroxylation sites is 1. The number of rotatable bonds is 7. The number of carbonyl (C=O) groups is 1. The van der Waals surface area contributed by atoms with E-state index in [1.165, 1.54) is 22.0 Å².